The van der Waals surface area contributed by atoms with E-state index in [1.165, 1.54) is 0 Å². The number of benzene rings is 1. The van der Waals surface area contributed by atoms with Crippen LogP contribution in [0.25, 0.3) is 0 Å². The van der Waals surface area contributed by atoms with Crippen LogP contribution in [-0.2, 0) is 4.74 Å². The van der Waals surface area contributed by atoms with Crippen LogP contribution in [0, 0.1) is 11.3 Å². The van der Waals surface area contributed by atoms with E-state index in [4.69, 9.17) is 10.00 Å². The number of nitrogens with zero attached hydrogens (tertiary/aromatic N) is 3. The predicted molar refractivity (Wildman–Crippen MR) is 103 cm³/mol. The van der Waals surface area contributed by atoms with Gasteiger partial charge in [0.2, 0.25) is 0 Å². The summed E-state index contributed by atoms with van der Waals surface area (Å²) in [4.78, 5) is 19.2. The van der Waals surface area contributed by atoms with Crippen molar-refractivity contribution in [2.24, 2.45) is 0 Å². The average molecular weight is 364 g/mol. The van der Waals surface area contributed by atoms with Crippen molar-refractivity contribution < 1.29 is 9.53 Å². The SMILES string of the molecule is CC1CN(c2ccc(C(=O)NC(C)c3ccc(C#N)cc3)cn2)CC(C)O1. The van der Waals surface area contributed by atoms with E-state index >= 15 is 0 Å². The fourth-order valence-corrected chi connectivity index (χ4v) is 3.28. The number of amides is 1. The first-order valence-electron chi connectivity index (χ1n) is 9.13. The largest absolute Gasteiger partial charge is 0.372 e. The zero-order chi connectivity index (χ0) is 19.4. The van der Waals surface area contributed by atoms with Crippen LogP contribution in [0.5, 0.6) is 0 Å². The number of pyridine rings is 1. The minimum absolute atomic E-state index is 0.159. The number of ether oxygens (including phenoxy) is 1. The molecule has 6 nitrogen and oxygen atoms in total. The number of anilines is 1. The molecule has 1 fully saturated rings. The van der Waals surface area contributed by atoms with E-state index in [-0.39, 0.29) is 24.2 Å². The zero-order valence-corrected chi connectivity index (χ0v) is 15.8. The lowest BCUT2D eigenvalue weighted by Crippen LogP contribution is -2.45. The van der Waals surface area contributed by atoms with E-state index in [1.807, 2.05) is 25.1 Å². The Bertz CT molecular complexity index is 817. The van der Waals surface area contributed by atoms with Gasteiger partial charge < -0.3 is 15.0 Å². The summed E-state index contributed by atoms with van der Waals surface area (Å²) in [5, 5.41) is 11.8. The van der Waals surface area contributed by atoms with Gasteiger partial charge in [0.05, 0.1) is 35.4 Å². The highest BCUT2D eigenvalue weighted by Crippen LogP contribution is 2.19. The van der Waals surface area contributed by atoms with Crippen molar-refractivity contribution in [2.75, 3.05) is 18.0 Å². The molecule has 2 aromatic rings. The van der Waals surface area contributed by atoms with E-state index in [0.29, 0.717) is 11.1 Å². The molecule has 1 aromatic carbocycles. The Balaban J connectivity index is 1.64. The van der Waals surface area contributed by atoms with Crippen molar-refractivity contribution in [3.63, 3.8) is 0 Å². The van der Waals surface area contributed by atoms with Gasteiger partial charge in [0, 0.05) is 19.3 Å². The van der Waals surface area contributed by atoms with Crippen LogP contribution >= 0.6 is 0 Å². The van der Waals surface area contributed by atoms with E-state index in [9.17, 15) is 4.79 Å². The molecule has 1 amide bonds. The Morgan fingerprint density at radius 2 is 1.89 bits per heavy atom. The van der Waals surface area contributed by atoms with Crippen LogP contribution < -0.4 is 10.2 Å². The highest BCUT2D eigenvalue weighted by atomic mass is 16.5. The molecule has 1 saturated heterocycles. The standard InChI is InChI=1S/C21H24N4O2/c1-14-12-25(13-15(2)27-14)20-9-8-19(11-23-20)21(26)24-16(3)18-6-4-17(10-22)5-7-18/h4-9,11,14-16H,12-13H2,1-3H3,(H,24,26). The third-order valence-electron chi connectivity index (χ3n) is 4.64. The molecule has 3 atom stereocenters. The van der Waals surface area contributed by atoms with Gasteiger partial charge in [-0.3, -0.25) is 4.79 Å². The van der Waals surface area contributed by atoms with Crippen LogP contribution in [0.3, 0.4) is 0 Å². The van der Waals surface area contributed by atoms with Crippen LogP contribution in [0.2, 0.25) is 0 Å². The summed E-state index contributed by atoms with van der Waals surface area (Å²) in [5.74, 6) is 0.684. The van der Waals surface area contributed by atoms with Crippen molar-refractivity contribution in [1.82, 2.24) is 10.3 Å². The maximum atomic E-state index is 12.5. The molecular weight excluding hydrogens is 340 g/mol. The first-order valence-corrected chi connectivity index (χ1v) is 9.13. The van der Waals surface area contributed by atoms with Crippen LogP contribution in [-0.4, -0.2) is 36.2 Å². The van der Waals surface area contributed by atoms with Crippen LogP contribution in [0.4, 0.5) is 5.82 Å². The molecule has 3 unspecified atom stereocenters. The van der Waals surface area contributed by atoms with Crippen LogP contribution in [0.1, 0.15) is 48.3 Å². The maximum Gasteiger partial charge on any atom is 0.253 e. The molecule has 27 heavy (non-hydrogen) atoms. The third-order valence-corrected chi connectivity index (χ3v) is 4.64. The zero-order valence-electron chi connectivity index (χ0n) is 15.8. The highest BCUT2D eigenvalue weighted by molar-refractivity contribution is 5.94. The third kappa shape index (κ3) is 4.63. The molecule has 0 radical (unpaired) electrons. The summed E-state index contributed by atoms with van der Waals surface area (Å²) in [6.45, 7) is 7.60. The molecule has 0 spiro atoms. The fourth-order valence-electron chi connectivity index (χ4n) is 3.28. The minimum atomic E-state index is -0.172. The molecular formula is C21H24N4O2. The molecule has 1 aliphatic rings. The molecule has 0 aliphatic carbocycles. The number of rotatable bonds is 4. The second kappa shape index (κ2) is 8.19. The van der Waals surface area contributed by atoms with Gasteiger partial charge in [-0.15, -0.1) is 0 Å². The summed E-state index contributed by atoms with van der Waals surface area (Å²) >= 11 is 0. The van der Waals surface area contributed by atoms with Gasteiger partial charge in [-0.2, -0.15) is 5.26 Å². The normalized spacial score (nSPS) is 20.6. The lowest BCUT2D eigenvalue weighted by Gasteiger charge is -2.36. The molecule has 0 bridgehead atoms. The van der Waals surface area contributed by atoms with Gasteiger partial charge in [0.15, 0.2) is 0 Å². The summed E-state index contributed by atoms with van der Waals surface area (Å²) in [6, 6.07) is 12.8. The number of aromatic nitrogens is 1. The number of nitrogens with one attached hydrogen (secondary N) is 1. The number of carbonyl (C=O) groups is 1. The van der Waals surface area contributed by atoms with Crippen molar-refractivity contribution in [3.8, 4) is 6.07 Å². The van der Waals surface area contributed by atoms with E-state index in [2.05, 4.69) is 35.1 Å². The Morgan fingerprint density at radius 3 is 2.44 bits per heavy atom. The Kier molecular flexibility index (Phi) is 5.72. The first-order chi connectivity index (χ1) is 13.0. The molecule has 1 aliphatic heterocycles. The second-order valence-electron chi connectivity index (χ2n) is 7.00. The lowest BCUT2D eigenvalue weighted by molar-refractivity contribution is -0.00546. The summed E-state index contributed by atoms with van der Waals surface area (Å²) < 4.78 is 5.75. The predicted octanol–water partition coefficient (Wildman–Crippen LogP) is 3.06. The van der Waals surface area contributed by atoms with Gasteiger partial charge in [-0.25, -0.2) is 4.98 Å². The number of morpholine rings is 1. The van der Waals surface area contributed by atoms with Crippen molar-refractivity contribution >= 4 is 11.7 Å². The van der Waals surface area contributed by atoms with Crippen LogP contribution in [0.15, 0.2) is 42.6 Å². The Labute approximate surface area is 159 Å². The minimum Gasteiger partial charge on any atom is -0.372 e. The Hall–Kier alpha value is -2.91. The quantitative estimate of drug-likeness (QED) is 0.902. The molecule has 0 saturated carbocycles. The monoisotopic (exact) mass is 364 g/mol. The smallest absolute Gasteiger partial charge is 0.253 e. The molecule has 1 N–H and O–H groups in total. The average Bonchev–Trinajstić information content (AvgIpc) is 2.67. The van der Waals surface area contributed by atoms with Crippen molar-refractivity contribution in [2.45, 2.75) is 39.0 Å². The Morgan fingerprint density at radius 1 is 1.22 bits per heavy atom. The molecule has 1 aromatic heterocycles. The van der Waals surface area contributed by atoms with Gasteiger partial charge in [-0.1, -0.05) is 12.1 Å². The van der Waals surface area contributed by atoms with E-state index in [0.717, 1.165) is 24.5 Å². The molecule has 140 valence electrons. The van der Waals surface area contributed by atoms with Gasteiger partial charge in [0.25, 0.3) is 5.91 Å². The van der Waals surface area contributed by atoms with Gasteiger partial charge in [-0.05, 0) is 50.6 Å². The number of hydrogen-bond donors (Lipinski definition) is 1. The number of carbonyl (C=O) groups excluding carboxylic acids is 1. The lowest BCUT2D eigenvalue weighted by atomic mass is 10.1. The van der Waals surface area contributed by atoms with Gasteiger partial charge in [0.1, 0.15) is 5.82 Å². The summed E-state index contributed by atoms with van der Waals surface area (Å²) in [5.41, 5.74) is 2.07. The summed E-state index contributed by atoms with van der Waals surface area (Å²) in [6.07, 6.45) is 1.93. The van der Waals surface area contributed by atoms with Gasteiger partial charge >= 0.3 is 0 Å². The number of nitriles is 1. The van der Waals surface area contributed by atoms with Crippen molar-refractivity contribution in [1.29, 1.82) is 5.26 Å². The maximum absolute atomic E-state index is 12.5. The number of hydrogen-bond acceptors (Lipinski definition) is 5. The van der Waals surface area contributed by atoms with E-state index in [1.54, 1.807) is 24.4 Å². The summed E-state index contributed by atoms with van der Waals surface area (Å²) in [7, 11) is 0. The molecule has 3 rings (SSSR count). The topological polar surface area (TPSA) is 78.3 Å². The second-order valence-corrected chi connectivity index (χ2v) is 7.00. The molecule has 6 heteroatoms. The van der Waals surface area contributed by atoms with Crippen molar-refractivity contribution in [3.05, 3.63) is 59.3 Å². The first kappa shape index (κ1) is 18.9. The molecule has 2 heterocycles. The highest BCUT2D eigenvalue weighted by Gasteiger charge is 2.23. The fraction of sp³-hybridized carbons (Fsp3) is 0.381. The van der Waals surface area contributed by atoms with E-state index < -0.39 is 0 Å².